The molecule has 4 atom stereocenters. The Balaban J connectivity index is 1.57. The lowest BCUT2D eigenvalue weighted by Gasteiger charge is -2.34. The molecule has 0 bridgehead atoms. The molecule has 1 aromatic carbocycles. The van der Waals surface area contributed by atoms with E-state index >= 15 is 0 Å². The Morgan fingerprint density at radius 2 is 0.977 bits per heavy atom. The zero-order valence-corrected chi connectivity index (χ0v) is 26.7. The van der Waals surface area contributed by atoms with Gasteiger partial charge in [-0.15, -0.1) is 0 Å². The minimum atomic E-state index is -0.641. The molecule has 0 fully saturated rings. The maximum absolute atomic E-state index is 13.4. The highest BCUT2D eigenvalue weighted by molar-refractivity contribution is 5.44. The summed E-state index contributed by atoms with van der Waals surface area (Å²) in [6.45, 7) is 9.08. The van der Waals surface area contributed by atoms with E-state index in [9.17, 15) is 19.2 Å². The van der Waals surface area contributed by atoms with Crippen LogP contribution in [-0.2, 0) is 37.7 Å². The minimum Gasteiger partial charge on any atom is -0.449 e. The van der Waals surface area contributed by atoms with Crippen LogP contribution < -0.4 is 32.0 Å². The van der Waals surface area contributed by atoms with Gasteiger partial charge in [0, 0.05) is 52.9 Å². The van der Waals surface area contributed by atoms with E-state index in [4.69, 9.17) is 18.9 Å². The number of nitrogens with zero attached hydrogens (tertiary/aromatic N) is 4. The molecule has 2 aromatic heterocycles. The van der Waals surface area contributed by atoms with Crippen molar-refractivity contribution in [3.05, 3.63) is 88.2 Å². The first kappa shape index (κ1) is 31.5. The van der Waals surface area contributed by atoms with E-state index in [1.807, 2.05) is 52.0 Å². The molecule has 2 aliphatic rings. The number of hydrogen-bond donors (Lipinski definition) is 0. The van der Waals surface area contributed by atoms with Gasteiger partial charge in [0.05, 0.1) is 24.3 Å². The lowest BCUT2D eigenvalue weighted by Crippen LogP contribution is -2.44. The minimum absolute atomic E-state index is 0.208. The Bertz CT molecular complexity index is 1650. The fraction of sp³-hybridized carbons (Fsp3) is 0.562. The second-order valence-electron chi connectivity index (χ2n) is 12.6. The van der Waals surface area contributed by atoms with Crippen molar-refractivity contribution in [2.45, 2.75) is 65.0 Å². The third-order valence-corrected chi connectivity index (χ3v) is 8.30. The summed E-state index contributed by atoms with van der Waals surface area (Å²) in [7, 11) is 6.08. The molecule has 2 aliphatic heterocycles. The molecule has 0 saturated heterocycles. The van der Waals surface area contributed by atoms with Crippen molar-refractivity contribution >= 4 is 0 Å². The Kier molecular flexibility index (Phi) is 8.77. The molecular formula is C32H42N4O8. The van der Waals surface area contributed by atoms with Gasteiger partial charge in [-0.3, -0.25) is 27.9 Å². The SMILES string of the molecule is CC(C)COC1CC(c2ccc(C3CC(OCC(C)C)Oc4c3c(=O)n(C)c(=O)n4C)cc2)c2c(n(C)c(=O)n(C)c2=O)O1. The molecule has 0 radical (unpaired) electrons. The molecule has 0 N–H and O–H groups in total. The summed E-state index contributed by atoms with van der Waals surface area (Å²) in [5, 5.41) is 0. The van der Waals surface area contributed by atoms with Gasteiger partial charge >= 0.3 is 11.4 Å². The molecule has 44 heavy (non-hydrogen) atoms. The van der Waals surface area contributed by atoms with Crippen molar-refractivity contribution in [2.24, 2.45) is 40.0 Å². The summed E-state index contributed by atoms with van der Waals surface area (Å²) < 4.78 is 29.1. The summed E-state index contributed by atoms with van der Waals surface area (Å²) >= 11 is 0. The standard InChI is InChI=1S/C32H42N4O8/c1-17(2)15-41-23-13-21(25-27(37)33(5)31(39)35(7)29(25)43-23)19-9-11-20(12-10-19)22-14-24(42-16-18(3)4)44-30-26(22)28(38)34(6)32(40)36(30)8/h9-12,17-18,21-24H,13-16H2,1-8H3. The van der Waals surface area contributed by atoms with Crippen LogP contribution in [0, 0.1) is 11.8 Å². The number of hydrogen-bond acceptors (Lipinski definition) is 8. The monoisotopic (exact) mass is 610 g/mol. The number of fused-ring (bicyclic) bond motifs is 2. The first-order chi connectivity index (χ1) is 20.8. The Labute approximate surface area is 255 Å². The van der Waals surface area contributed by atoms with Crippen LogP contribution in [-0.4, -0.2) is 44.1 Å². The van der Waals surface area contributed by atoms with Crippen LogP contribution in [0.4, 0.5) is 0 Å². The van der Waals surface area contributed by atoms with Crippen molar-refractivity contribution in [1.29, 1.82) is 0 Å². The summed E-state index contributed by atoms with van der Waals surface area (Å²) in [6, 6.07) is 7.74. The molecule has 0 spiro atoms. The number of rotatable bonds is 8. The maximum atomic E-state index is 13.4. The van der Waals surface area contributed by atoms with Crippen LogP contribution in [0.15, 0.2) is 43.4 Å². The zero-order chi connectivity index (χ0) is 32.0. The molecule has 5 rings (SSSR count). The predicted octanol–water partition coefficient (Wildman–Crippen LogP) is 2.31. The Morgan fingerprint density at radius 3 is 1.30 bits per heavy atom. The van der Waals surface area contributed by atoms with Gasteiger partial charge in [0.25, 0.3) is 11.1 Å². The second kappa shape index (κ2) is 12.2. The summed E-state index contributed by atoms with van der Waals surface area (Å²) in [4.78, 5) is 52.3. The molecule has 238 valence electrons. The molecule has 12 nitrogen and oxygen atoms in total. The number of benzene rings is 1. The first-order valence-electron chi connectivity index (χ1n) is 15.1. The summed E-state index contributed by atoms with van der Waals surface area (Å²) in [5.74, 6) is 0.169. The van der Waals surface area contributed by atoms with E-state index in [0.29, 0.717) is 37.2 Å². The van der Waals surface area contributed by atoms with Gasteiger partial charge in [-0.2, -0.15) is 0 Å². The van der Waals surface area contributed by atoms with Crippen molar-refractivity contribution in [2.75, 3.05) is 13.2 Å². The van der Waals surface area contributed by atoms with E-state index in [2.05, 4.69) is 0 Å². The fourth-order valence-electron chi connectivity index (χ4n) is 5.92. The Hall–Kier alpha value is -3.90. The molecule has 0 amide bonds. The molecule has 0 saturated carbocycles. The smallest absolute Gasteiger partial charge is 0.333 e. The third kappa shape index (κ3) is 5.68. The van der Waals surface area contributed by atoms with E-state index < -0.39 is 46.9 Å². The van der Waals surface area contributed by atoms with Crippen LogP contribution in [0.25, 0.3) is 0 Å². The van der Waals surface area contributed by atoms with Crippen molar-refractivity contribution in [3.8, 4) is 11.8 Å². The molecule has 12 heteroatoms. The zero-order valence-electron chi connectivity index (χ0n) is 26.7. The van der Waals surface area contributed by atoms with Crippen LogP contribution in [0.5, 0.6) is 11.8 Å². The van der Waals surface area contributed by atoms with Crippen molar-refractivity contribution < 1.29 is 18.9 Å². The van der Waals surface area contributed by atoms with Gasteiger partial charge in [0.15, 0.2) is 0 Å². The molecule has 4 heterocycles. The fourth-order valence-corrected chi connectivity index (χ4v) is 5.92. The van der Waals surface area contributed by atoms with Gasteiger partial charge in [-0.25, -0.2) is 9.59 Å². The van der Waals surface area contributed by atoms with Crippen LogP contribution >= 0.6 is 0 Å². The van der Waals surface area contributed by atoms with E-state index in [1.54, 1.807) is 14.1 Å². The van der Waals surface area contributed by atoms with Crippen LogP contribution in [0.3, 0.4) is 0 Å². The van der Waals surface area contributed by atoms with Crippen molar-refractivity contribution in [3.63, 3.8) is 0 Å². The van der Waals surface area contributed by atoms with Gasteiger partial charge in [0.2, 0.25) is 24.3 Å². The van der Waals surface area contributed by atoms with Crippen LogP contribution in [0.2, 0.25) is 0 Å². The number of ether oxygens (including phenoxy) is 4. The topological polar surface area (TPSA) is 125 Å². The average molecular weight is 611 g/mol. The highest BCUT2D eigenvalue weighted by Gasteiger charge is 2.38. The van der Waals surface area contributed by atoms with Crippen molar-refractivity contribution in [1.82, 2.24) is 18.3 Å². The molecule has 0 aliphatic carbocycles. The van der Waals surface area contributed by atoms with E-state index in [-0.39, 0.29) is 23.6 Å². The van der Waals surface area contributed by atoms with E-state index in [1.165, 1.54) is 23.2 Å². The first-order valence-corrected chi connectivity index (χ1v) is 15.1. The third-order valence-electron chi connectivity index (χ3n) is 8.30. The number of aromatic nitrogens is 4. The lowest BCUT2D eigenvalue weighted by molar-refractivity contribution is -0.107. The quantitative estimate of drug-likeness (QED) is 0.381. The molecule has 3 aromatic rings. The highest BCUT2D eigenvalue weighted by atomic mass is 16.7. The average Bonchev–Trinajstić information content (AvgIpc) is 3.01. The van der Waals surface area contributed by atoms with E-state index in [0.717, 1.165) is 20.3 Å². The lowest BCUT2D eigenvalue weighted by atomic mass is 9.84. The van der Waals surface area contributed by atoms with Gasteiger partial charge in [0.1, 0.15) is 0 Å². The Morgan fingerprint density at radius 1 is 0.636 bits per heavy atom. The van der Waals surface area contributed by atoms with Crippen LogP contribution in [0.1, 0.15) is 74.6 Å². The second-order valence-corrected chi connectivity index (χ2v) is 12.6. The summed E-state index contributed by atoms with van der Waals surface area (Å²) in [5.41, 5.74) is 0.718. The van der Waals surface area contributed by atoms with Gasteiger partial charge in [-0.05, 0) is 23.0 Å². The molecular weight excluding hydrogens is 568 g/mol. The molecule has 4 unspecified atom stereocenters. The normalized spacial score (nSPS) is 21.1. The maximum Gasteiger partial charge on any atom is 0.333 e. The van der Waals surface area contributed by atoms with Gasteiger partial charge < -0.3 is 18.9 Å². The highest BCUT2D eigenvalue weighted by Crippen LogP contribution is 2.41. The summed E-state index contributed by atoms with van der Waals surface area (Å²) in [6.07, 6.45) is -0.503. The predicted molar refractivity (Wildman–Crippen MR) is 164 cm³/mol. The van der Waals surface area contributed by atoms with Gasteiger partial charge in [-0.1, -0.05) is 52.0 Å². The largest absolute Gasteiger partial charge is 0.449 e.